The number of hydrogen-bond donors (Lipinski definition) is 3. The van der Waals surface area contributed by atoms with E-state index in [1.165, 1.54) is 6.21 Å². The summed E-state index contributed by atoms with van der Waals surface area (Å²) >= 11 is 0.900. The molecule has 0 aliphatic heterocycles. The summed E-state index contributed by atoms with van der Waals surface area (Å²) in [4.78, 5) is 35.9. The predicted octanol–water partition coefficient (Wildman–Crippen LogP) is 0.756. The van der Waals surface area contributed by atoms with Crippen LogP contribution in [0.5, 0.6) is 0 Å². The van der Waals surface area contributed by atoms with Crippen molar-refractivity contribution in [2.75, 3.05) is 5.75 Å². The van der Waals surface area contributed by atoms with Gasteiger partial charge in [-0.25, -0.2) is 15.3 Å². The number of rotatable bonds is 6. The summed E-state index contributed by atoms with van der Waals surface area (Å²) < 4.78 is 0. The Morgan fingerprint density at radius 3 is 2.79 bits per heavy atom. The van der Waals surface area contributed by atoms with Gasteiger partial charge in [-0.15, -0.1) is 0 Å². The second-order valence-corrected chi connectivity index (χ2v) is 5.66. The highest BCUT2D eigenvalue weighted by atomic mass is 32.2. The van der Waals surface area contributed by atoms with Crippen molar-refractivity contribution in [1.82, 2.24) is 20.6 Å². The van der Waals surface area contributed by atoms with Crippen LogP contribution in [0.3, 0.4) is 0 Å². The van der Waals surface area contributed by atoms with E-state index >= 15 is 0 Å². The number of carbonyl (C=O) groups excluding carboxylic acids is 1. The number of thioether (sulfide) groups is 1. The van der Waals surface area contributed by atoms with Gasteiger partial charge in [0.25, 0.3) is 5.56 Å². The molecule has 0 atom stereocenters. The summed E-state index contributed by atoms with van der Waals surface area (Å²) in [5.74, 6) is -0.447. The molecule has 0 radical (unpaired) electrons. The van der Waals surface area contributed by atoms with Crippen LogP contribution in [0.1, 0.15) is 12.5 Å². The van der Waals surface area contributed by atoms with Crippen molar-refractivity contribution in [3.05, 3.63) is 62.3 Å². The van der Waals surface area contributed by atoms with E-state index in [4.69, 9.17) is 0 Å². The molecule has 3 N–H and O–H groups in total. The second kappa shape index (κ2) is 8.63. The van der Waals surface area contributed by atoms with E-state index in [1.54, 1.807) is 0 Å². The summed E-state index contributed by atoms with van der Waals surface area (Å²) in [6.45, 7) is 1.86. The van der Waals surface area contributed by atoms with Crippen LogP contribution in [0.25, 0.3) is 6.08 Å². The van der Waals surface area contributed by atoms with E-state index in [9.17, 15) is 14.4 Å². The maximum absolute atomic E-state index is 11.7. The first-order chi connectivity index (χ1) is 11.5. The zero-order valence-corrected chi connectivity index (χ0v) is 13.6. The van der Waals surface area contributed by atoms with E-state index in [-0.39, 0.29) is 10.8 Å². The third kappa shape index (κ3) is 5.69. The van der Waals surface area contributed by atoms with Crippen LogP contribution in [0.2, 0.25) is 0 Å². The molecular weight excluding hydrogens is 330 g/mol. The first-order valence-electron chi connectivity index (χ1n) is 6.91. The number of amides is 1. The SMILES string of the molecule is CC(/C=N\NC(=O)CSc1n[nH]c(=O)[nH]c1=O)=C\c1ccccc1. The fourth-order valence-electron chi connectivity index (χ4n) is 1.66. The molecular formula is C15H15N5O3S. The number of benzene rings is 1. The molecule has 9 heteroatoms. The molecule has 0 unspecified atom stereocenters. The highest BCUT2D eigenvalue weighted by Gasteiger charge is 2.06. The number of H-pyrrole nitrogens is 2. The quantitative estimate of drug-likeness (QED) is 0.405. The molecule has 2 rings (SSSR count). The summed E-state index contributed by atoms with van der Waals surface area (Å²) in [6, 6.07) is 9.72. The van der Waals surface area contributed by atoms with Crippen LogP contribution in [0.4, 0.5) is 0 Å². The zero-order chi connectivity index (χ0) is 17.4. The van der Waals surface area contributed by atoms with Crippen molar-refractivity contribution in [1.29, 1.82) is 0 Å². The largest absolute Gasteiger partial charge is 0.342 e. The van der Waals surface area contributed by atoms with Gasteiger partial charge in [0.05, 0.1) is 12.0 Å². The number of hydrazone groups is 1. The average Bonchev–Trinajstić information content (AvgIpc) is 2.55. The van der Waals surface area contributed by atoms with Gasteiger partial charge in [0.1, 0.15) is 0 Å². The number of nitrogens with zero attached hydrogens (tertiary/aromatic N) is 2. The lowest BCUT2D eigenvalue weighted by Crippen LogP contribution is -2.26. The monoisotopic (exact) mass is 345 g/mol. The van der Waals surface area contributed by atoms with Gasteiger partial charge < -0.3 is 0 Å². The summed E-state index contributed by atoms with van der Waals surface area (Å²) in [6.07, 6.45) is 3.45. The highest BCUT2D eigenvalue weighted by Crippen LogP contribution is 2.07. The smallest absolute Gasteiger partial charge is 0.272 e. The van der Waals surface area contributed by atoms with Gasteiger partial charge in [0.2, 0.25) is 5.91 Å². The molecule has 1 aromatic heterocycles. The molecule has 0 saturated carbocycles. The molecule has 24 heavy (non-hydrogen) atoms. The maximum Gasteiger partial charge on any atom is 0.342 e. The van der Waals surface area contributed by atoms with Crippen LogP contribution < -0.4 is 16.7 Å². The van der Waals surface area contributed by atoms with E-state index in [2.05, 4.69) is 20.7 Å². The Balaban J connectivity index is 1.83. The minimum absolute atomic E-state index is 0.00823. The van der Waals surface area contributed by atoms with E-state index in [0.717, 1.165) is 22.9 Å². The molecule has 0 saturated heterocycles. The molecule has 0 spiro atoms. The fourth-order valence-corrected chi connectivity index (χ4v) is 2.28. The van der Waals surface area contributed by atoms with Crippen molar-refractivity contribution in [3.8, 4) is 0 Å². The average molecular weight is 345 g/mol. The summed E-state index contributed by atoms with van der Waals surface area (Å²) in [5, 5.41) is 9.51. The van der Waals surface area contributed by atoms with Crippen molar-refractivity contribution in [2.24, 2.45) is 5.10 Å². The molecule has 1 aromatic carbocycles. The molecule has 8 nitrogen and oxygen atoms in total. The second-order valence-electron chi connectivity index (χ2n) is 4.69. The molecule has 124 valence electrons. The molecule has 2 aromatic rings. The van der Waals surface area contributed by atoms with E-state index < -0.39 is 17.2 Å². The van der Waals surface area contributed by atoms with Crippen LogP contribution in [0.15, 0.2) is 55.6 Å². The minimum Gasteiger partial charge on any atom is -0.272 e. The van der Waals surface area contributed by atoms with E-state index in [1.807, 2.05) is 48.3 Å². The number of hydrogen-bond acceptors (Lipinski definition) is 6. The Bertz CT molecular complexity index is 870. The van der Waals surface area contributed by atoms with Crippen molar-refractivity contribution in [3.63, 3.8) is 0 Å². The lowest BCUT2D eigenvalue weighted by atomic mass is 10.1. The maximum atomic E-state index is 11.7. The van der Waals surface area contributed by atoms with Gasteiger partial charge in [-0.1, -0.05) is 48.2 Å². The third-order valence-corrected chi connectivity index (χ3v) is 3.63. The number of nitrogens with one attached hydrogen (secondary N) is 3. The molecule has 1 heterocycles. The summed E-state index contributed by atoms with van der Waals surface area (Å²) in [7, 11) is 0. The van der Waals surface area contributed by atoms with Crippen LogP contribution in [0, 0.1) is 0 Å². The normalized spacial score (nSPS) is 11.6. The Kier molecular flexibility index (Phi) is 6.26. The van der Waals surface area contributed by atoms with Gasteiger partial charge in [-0.05, 0) is 18.1 Å². The molecule has 1 amide bonds. The number of carbonyl (C=O) groups is 1. The van der Waals surface area contributed by atoms with Crippen molar-refractivity contribution < 1.29 is 4.79 Å². The highest BCUT2D eigenvalue weighted by molar-refractivity contribution is 7.99. The lowest BCUT2D eigenvalue weighted by molar-refractivity contribution is -0.118. The molecule has 0 aliphatic rings. The van der Waals surface area contributed by atoms with Crippen molar-refractivity contribution in [2.45, 2.75) is 11.9 Å². The lowest BCUT2D eigenvalue weighted by Gasteiger charge is -1.99. The molecule has 0 bridgehead atoms. The third-order valence-electron chi connectivity index (χ3n) is 2.67. The zero-order valence-electron chi connectivity index (χ0n) is 12.8. The first-order valence-corrected chi connectivity index (χ1v) is 7.90. The van der Waals surface area contributed by atoms with Crippen LogP contribution in [-0.2, 0) is 4.79 Å². The minimum atomic E-state index is -0.695. The Labute approximate surface area is 141 Å². The molecule has 0 fully saturated rings. The molecule has 0 aliphatic carbocycles. The Morgan fingerprint density at radius 2 is 2.08 bits per heavy atom. The van der Waals surface area contributed by atoms with Crippen LogP contribution >= 0.6 is 11.8 Å². The van der Waals surface area contributed by atoms with Gasteiger partial charge in [0, 0.05) is 0 Å². The topological polar surface area (TPSA) is 120 Å². The van der Waals surface area contributed by atoms with Crippen LogP contribution in [-0.4, -0.2) is 33.1 Å². The Hall–Kier alpha value is -2.94. The van der Waals surface area contributed by atoms with Gasteiger partial charge in [-0.2, -0.15) is 10.2 Å². The number of allylic oxidation sites excluding steroid dienone is 1. The van der Waals surface area contributed by atoms with Crippen molar-refractivity contribution >= 4 is 30.0 Å². The van der Waals surface area contributed by atoms with Gasteiger partial charge in [-0.3, -0.25) is 14.6 Å². The standard InChI is InChI=1S/C15H15N5O3S/c1-10(7-11-5-3-2-4-6-11)8-16-18-12(21)9-24-14-13(22)17-15(23)20-19-14/h2-8H,9H2,1H3,(H,18,21)(H2,17,20,22,23)/b10-7+,16-8-. The predicted molar refractivity (Wildman–Crippen MR) is 92.9 cm³/mol. The number of aromatic nitrogens is 3. The fraction of sp³-hybridized carbons (Fsp3) is 0.133. The van der Waals surface area contributed by atoms with Gasteiger partial charge >= 0.3 is 5.69 Å². The first kappa shape index (κ1) is 17.4. The Morgan fingerprint density at radius 1 is 1.33 bits per heavy atom. The summed E-state index contributed by atoms with van der Waals surface area (Å²) in [5.41, 5.74) is 2.93. The van der Waals surface area contributed by atoms with E-state index in [0.29, 0.717) is 0 Å². The number of aromatic amines is 2. The van der Waals surface area contributed by atoms with Gasteiger partial charge in [0.15, 0.2) is 5.03 Å².